The van der Waals surface area contributed by atoms with Gasteiger partial charge >= 0.3 is 5.97 Å². The highest BCUT2D eigenvalue weighted by atomic mass is 16.4. The number of hydrogen-bond acceptors (Lipinski definition) is 2. The lowest BCUT2D eigenvalue weighted by Crippen LogP contribution is -2.24. The number of anilines is 1. The van der Waals surface area contributed by atoms with Gasteiger partial charge in [-0.3, -0.25) is 9.59 Å². The van der Waals surface area contributed by atoms with E-state index < -0.39 is 5.97 Å². The molecule has 4 heteroatoms. The number of rotatable bonds is 4. The van der Waals surface area contributed by atoms with Gasteiger partial charge in [0.2, 0.25) is 5.91 Å². The van der Waals surface area contributed by atoms with Crippen molar-refractivity contribution >= 4 is 17.6 Å². The first-order chi connectivity index (χ1) is 9.16. The predicted octanol–water partition coefficient (Wildman–Crippen LogP) is 2.61. The van der Waals surface area contributed by atoms with E-state index in [4.69, 9.17) is 5.11 Å². The van der Waals surface area contributed by atoms with Gasteiger partial charge in [-0.25, -0.2) is 0 Å². The van der Waals surface area contributed by atoms with Crippen molar-refractivity contribution in [1.82, 2.24) is 0 Å². The molecule has 1 unspecified atom stereocenters. The molecule has 0 heterocycles. The molecule has 0 radical (unpaired) electrons. The third-order valence-electron chi connectivity index (χ3n) is 3.26. The number of aliphatic carboxylic acids is 1. The molecule has 0 aliphatic heterocycles. The minimum Gasteiger partial charge on any atom is -0.481 e. The van der Waals surface area contributed by atoms with E-state index in [0.29, 0.717) is 11.3 Å². The van der Waals surface area contributed by atoms with Crippen LogP contribution in [0.5, 0.6) is 0 Å². The minimum atomic E-state index is -0.901. The number of allylic oxidation sites excluding steroid dienone is 2. The Bertz CT molecular complexity index is 508. The number of nitrogens with one attached hydrogen (secondary N) is 1. The average molecular weight is 259 g/mol. The quantitative estimate of drug-likeness (QED) is 0.817. The van der Waals surface area contributed by atoms with Crippen molar-refractivity contribution in [3.05, 3.63) is 42.0 Å². The first-order valence-electron chi connectivity index (χ1n) is 6.42. The molecule has 4 nitrogen and oxygen atoms in total. The molecule has 0 spiro atoms. The van der Waals surface area contributed by atoms with Crippen LogP contribution in [0.25, 0.3) is 0 Å². The number of hydrogen-bond donors (Lipinski definition) is 2. The monoisotopic (exact) mass is 259 g/mol. The van der Waals surface area contributed by atoms with Gasteiger partial charge < -0.3 is 10.4 Å². The normalized spacial score (nSPS) is 18.0. The van der Waals surface area contributed by atoms with Gasteiger partial charge in [0, 0.05) is 11.6 Å². The number of carbonyl (C=O) groups excluding carboxylic acids is 1. The molecule has 2 rings (SSSR count). The standard InChI is InChI=1S/C15H17NO3/c17-14(18)10-12-8-4-5-9-13(12)16-15(19)11-6-2-1-3-7-11/h1-2,4-5,8-9,11H,3,6-7,10H2,(H,16,19)(H,17,18). The number of benzene rings is 1. The maximum absolute atomic E-state index is 12.1. The van der Waals surface area contributed by atoms with Gasteiger partial charge in [-0.2, -0.15) is 0 Å². The van der Waals surface area contributed by atoms with E-state index in [1.807, 2.05) is 6.08 Å². The van der Waals surface area contributed by atoms with E-state index in [-0.39, 0.29) is 18.2 Å². The Kier molecular flexibility index (Phi) is 4.34. The Hall–Kier alpha value is -2.10. The molecule has 19 heavy (non-hydrogen) atoms. The van der Waals surface area contributed by atoms with Gasteiger partial charge in [-0.05, 0) is 30.9 Å². The lowest BCUT2D eigenvalue weighted by atomic mass is 9.93. The molecule has 2 N–H and O–H groups in total. The van der Waals surface area contributed by atoms with E-state index in [2.05, 4.69) is 11.4 Å². The fraction of sp³-hybridized carbons (Fsp3) is 0.333. The molecule has 0 saturated heterocycles. The summed E-state index contributed by atoms with van der Waals surface area (Å²) < 4.78 is 0. The Morgan fingerprint density at radius 1 is 1.26 bits per heavy atom. The molecule has 1 aromatic rings. The molecule has 1 amide bonds. The van der Waals surface area contributed by atoms with E-state index in [0.717, 1.165) is 19.3 Å². The smallest absolute Gasteiger partial charge is 0.307 e. The number of carboxylic acid groups (broad SMARTS) is 1. The number of para-hydroxylation sites is 1. The van der Waals surface area contributed by atoms with E-state index in [9.17, 15) is 9.59 Å². The minimum absolute atomic E-state index is 0.0112. The van der Waals surface area contributed by atoms with Gasteiger partial charge in [0.05, 0.1) is 6.42 Å². The molecule has 1 aromatic carbocycles. The molecular weight excluding hydrogens is 242 g/mol. The largest absolute Gasteiger partial charge is 0.481 e. The molecule has 0 aromatic heterocycles. The Morgan fingerprint density at radius 2 is 2.05 bits per heavy atom. The van der Waals surface area contributed by atoms with Crippen LogP contribution < -0.4 is 5.32 Å². The molecule has 1 aliphatic carbocycles. The lowest BCUT2D eigenvalue weighted by molar-refractivity contribution is -0.136. The number of carbonyl (C=O) groups is 2. The fourth-order valence-electron chi connectivity index (χ4n) is 2.23. The van der Waals surface area contributed by atoms with Crippen molar-refractivity contribution in [3.8, 4) is 0 Å². The predicted molar refractivity (Wildman–Crippen MR) is 72.9 cm³/mol. The van der Waals surface area contributed by atoms with Crippen molar-refractivity contribution in [2.24, 2.45) is 5.92 Å². The second-order valence-corrected chi connectivity index (χ2v) is 4.70. The average Bonchev–Trinajstić information content (AvgIpc) is 2.41. The van der Waals surface area contributed by atoms with Crippen LogP contribution in [0.3, 0.4) is 0 Å². The number of amides is 1. The number of carboxylic acids is 1. The maximum Gasteiger partial charge on any atom is 0.307 e. The van der Waals surface area contributed by atoms with Crippen LogP contribution in [-0.2, 0) is 16.0 Å². The summed E-state index contributed by atoms with van der Waals surface area (Å²) in [6, 6.07) is 7.04. The van der Waals surface area contributed by atoms with Crippen LogP contribution in [0.1, 0.15) is 24.8 Å². The highest BCUT2D eigenvalue weighted by Crippen LogP contribution is 2.22. The molecule has 0 bridgehead atoms. The Balaban J connectivity index is 2.07. The Labute approximate surface area is 112 Å². The van der Waals surface area contributed by atoms with E-state index in [1.54, 1.807) is 24.3 Å². The zero-order chi connectivity index (χ0) is 13.7. The molecule has 0 saturated carbocycles. The van der Waals surface area contributed by atoms with Crippen molar-refractivity contribution in [2.75, 3.05) is 5.32 Å². The molecule has 0 fully saturated rings. The van der Waals surface area contributed by atoms with E-state index >= 15 is 0 Å². The lowest BCUT2D eigenvalue weighted by Gasteiger charge is -2.18. The van der Waals surface area contributed by atoms with Crippen LogP contribution in [0.2, 0.25) is 0 Å². The second kappa shape index (κ2) is 6.18. The highest BCUT2D eigenvalue weighted by Gasteiger charge is 2.19. The third kappa shape index (κ3) is 3.68. The summed E-state index contributed by atoms with van der Waals surface area (Å²) in [5.74, 6) is -0.938. The SMILES string of the molecule is O=C(O)Cc1ccccc1NC(=O)C1CC=CCC1. The topological polar surface area (TPSA) is 66.4 Å². The molecule has 100 valence electrons. The Morgan fingerprint density at radius 3 is 2.74 bits per heavy atom. The summed E-state index contributed by atoms with van der Waals surface area (Å²) in [6.07, 6.45) is 6.56. The first kappa shape index (κ1) is 13.3. The van der Waals surface area contributed by atoms with Crippen molar-refractivity contribution < 1.29 is 14.7 Å². The van der Waals surface area contributed by atoms with Gasteiger partial charge in [0.15, 0.2) is 0 Å². The molecule has 1 aliphatic rings. The first-order valence-corrected chi connectivity index (χ1v) is 6.42. The van der Waals surface area contributed by atoms with Crippen LogP contribution in [-0.4, -0.2) is 17.0 Å². The summed E-state index contributed by atoms with van der Waals surface area (Å²) in [5, 5.41) is 11.7. The molecule has 1 atom stereocenters. The van der Waals surface area contributed by atoms with Crippen molar-refractivity contribution in [1.29, 1.82) is 0 Å². The summed E-state index contributed by atoms with van der Waals surface area (Å²) in [7, 11) is 0. The maximum atomic E-state index is 12.1. The fourth-order valence-corrected chi connectivity index (χ4v) is 2.23. The zero-order valence-corrected chi connectivity index (χ0v) is 10.6. The molecular formula is C15H17NO3. The van der Waals surface area contributed by atoms with Crippen molar-refractivity contribution in [3.63, 3.8) is 0 Å². The van der Waals surface area contributed by atoms with E-state index in [1.165, 1.54) is 0 Å². The second-order valence-electron chi connectivity index (χ2n) is 4.70. The third-order valence-corrected chi connectivity index (χ3v) is 3.26. The van der Waals surface area contributed by atoms with Gasteiger partial charge in [-0.1, -0.05) is 30.4 Å². The van der Waals surface area contributed by atoms with Crippen LogP contribution in [0.15, 0.2) is 36.4 Å². The van der Waals surface area contributed by atoms with Crippen LogP contribution in [0.4, 0.5) is 5.69 Å². The van der Waals surface area contributed by atoms with Gasteiger partial charge in [-0.15, -0.1) is 0 Å². The summed E-state index contributed by atoms with van der Waals surface area (Å²) in [5.41, 5.74) is 1.24. The van der Waals surface area contributed by atoms with Crippen LogP contribution >= 0.6 is 0 Å². The zero-order valence-electron chi connectivity index (χ0n) is 10.6. The van der Waals surface area contributed by atoms with Gasteiger partial charge in [0.1, 0.15) is 0 Å². The summed E-state index contributed by atoms with van der Waals surface area (Å²) in [4.78, 5) is 22.9. The summed E-state index contributed by atoms with van der Waals surface area (Å²) >= 11 is 0. The van der Waals surface area contributed by atoms with Crippen LogP contribution in [0, 0.1) is 5.92 Å². The highest BCUT2D eigenvalue weighted by molar-refractivity contribution is 5.94. The van der Waals surface area contributed by atoms with Crippen molar-refractivity contribution in [2.45, 2.75) is 25.7 Å². The van der Waals surface area contributed by atoms with Gasteiger partial charge in [0.25, 0.3) is 0 Å². The summed E-state index contributed by atoms with van der Waals surface area (Å²) in [6.45, 7) is 0.